The van der Waals surface area contributed by atoms with E-state index < -0.39 is 0 Å². The minimum absolute atomic E-state index is 0.0962. The van der Waals surface area contributed by atoms with E-state index in [9.17, 15) is 9.90 Å². The zero-order valence-electron chi connectivity index (χ0n) is 8.57. The molecule has 0 unspecified atom stereocenters. The summed E-state index contributed by atoms with van der Waals surface area (Å²) in [6, 6.07) is 0.174. The Labute approximate surface area is 84.3 Å². The van der Waals surface area contributed by atoms with Crippen molar-refractivity contribution in [3.05, 3.63) is 0 Å². The molecule has 0 aromatic carbocycles. The van der Waals surface area contributed by atoms with Crippen LogP contribution in [0.1, 0.15) is 32.6 Å². The van der Waals surface area contributed by atoms with Gasteiger partial charge >= 0.3 is 0 Å². The number of rotatable bonds is 3. The first-order valence-corrected chi connectivity index (χ1v) is 5.21. The Kier molecular flexibility index (Phi) is 4.35. The molecule has 0 saturated heterocycles. The fourth-order valence-corrected chi connectivity index (χ4v) is 1.91. The molecular formula is C10H19NO3. The van der Waals surface area contributed by atoms with Crippen LogP contribution in [0.25, 0.3) is 0 Å². The summed E-state index contributed by atoms with van der Waals surface area (Å²) in [7, 11) is 0. The normalized spacial score (nSPS) is 32.6. The monoisotopic (exact) mass is 201 g/mol. The maximum absolute atomic E-state index is 11.2. The first kappa shape index (κ1) is 11.5. The molecule has 1 saturated carbocycles. The van der Waals surface area contributed by atoms with Gasteiger partial charge in [-0.1, -0.05) is 6.92 Å². The van der Waals surface area contributed by atoms with Crippen molar-refractivity contribution in [2.45, 2.75) is 44.8 Å². The Morgan fingerprint density at radius 1 is 1.50 bits per heavy atom. The number of hydrogen-bond donors (Lipinski definition) is 3. The molecule has 0 bridgehead atoms. The molecule has 0 spiro atoms. The van der Waals surface area contributed by atoms with Crippen LogP contribution in [0.3, 0.4) is 0 Å². The highest BCUT2D eigenvalue weighted by atomic mass is 16.3. The second-order valence-electron chi connectivity index (χ2n) is 4.10. The first-order chi connectivity index (χ1) is 6.63. The summed E-state index contributed by atoms with van der Waals surface area (Å²) in [5.74, 6) is 0.157. The average Bonchev–Trinajstić information content (AvgIpc) is 2.12. The Bertz CT molecular complexity index is 196. The molecule has 82 valence electrons. The van der Waals surface area contributed by atoms with Crippen LogP contribution in [0.4, 0.5) is 0 Å². The molecule has 3 N–H and O–H groups in total. The molecule has 1 aliphatic carbocycles. The average molecular weight is 201 g/mol. The molecule has 4 nitrogen and oxygen atoms in total. The molecular weight excluding hydrogens is 182 g/mol. The molecule has 0 aromatic rings. The van der Waals surface area contributed by atoms with Crippen molar-refractivity contribution in [1.82, 2.24) is 5.32 Å². The molecule has 0 aromatic heterocycles. The van der Waals surface area contributed by atoms with Gasteiger partial charge in [0.2, 0.25) is 5.91 Å². The van der Waals surface area contributed by atoms with E-state index >= 15 is 0 Å². The number of carbonyl (C=O) groups excluding carboxylic acids is 1. The number of hydrogen-bond acceptors (Lipinski definition) is 3. The van der Waals surface area contributed by atoms with Crippen molar-refractivity contribution in [3.8, 4) is 0 Å². The van der Waals surface area contributed by atoms with Gasteiger partial charge in [-0.2, -0.15) is 0 Å². The smallest absolute Gasteiger partial charge is 0.222 e. The van der Waals surface area contributed by atoms with Crippen LogP contribution in [0.5, 0.6) is 0 Å². The van der Waals surface area contributed by atoms with Crippen molar-refractivity contribution >= 4 is 5.91 Å². The van der Waals surface area contributed by atoms with Crippen molar-refractivity contribution in [2.75, 3.05) is 6.61 Å². The Morgan fingerprint density at radius 2 is 2.21 bits per heavy atom. The largest absolute Gasteiger partial charge is 0.396 e. The number of nitrogens with one attached hydrogen (secondary N) is 1. The summed E-state index contributed by atoms with van der Waals surface area (Å²) in [5.41, 5.74) is 0. The molecule has 1 amide bonds. The molecule has 3 atom stereocenters. The number of aliphatic hydroxyl groups excluding tert-OH is 2. The van der Waals surface area contributed by atoms with Gasteiger partial charge < -0.3 is 15.5 Å². The molecule has 14 heavy (non-hydrogen) atoms. The maximum atomic E-state index is 11.2. The predicted octanol–water partition coefficient (Wildman–Crippen LogP) is 0.0345. The van der Waals surface area contributed by atoms with Crippen LogP contribution in [0.2, 0.25) is 0 Å². The van der Waals surface area contributed by atoms with Gasteiger partial charge in [0.05, 0.1) is 12.7 Å². The lowest BCUT2D eigenvalue weighted by molar-refractivity contribution is -0.123. The molecule has 1 rings (SSSR count). The minimum atomic E-state index is -0.221. The topological polar surface area (TPSA) is 69.6 Å². The van der Waals surface area contributed by atoms with Crippen LogP contribution in [0.15, 0.2) is 0 Å². The van der Waals surface area contributed by atoms with Crippen molar-refractivity contribution < 1.29 is 15.0 Å². The fourth-order valence-electron chi connectivity index (χ4n) is 1.91. The van der Waals surface area contributed by atoms with E-state index in [4.69, 9.17) is 5.11 Å². The third-order valence-corrected chi connectivity index (χ3v) is 2.83. The predicted molar refractivity (Wildman–Crippen MR) is 52.7 cm³/mol. The van der Waals surface area contributed by atoms with Crippen LogP contribution in [-0.4, -0.2) is 34.9 Å². The van der Waals surface area contributed by atoms with Crippen LogP contribution in [-0.2, 0) is 4.79 Å². The molecule has 0 radical (unpaired) electrons. The van der Waals surface area contributed by atoms with Gasteiger partial charge in [0, 0.05) is 12.5 Å². The van der Waals surface area contributed by atoms with Crippen molar-refractivity contribution in [3.63, 3.8) is 0 Å². The van der Waals surface area contributed by atoms with Gasteiger partial charge in [-0.3, -0.25) is 4.79 Å². The lowest BCUT2D eigenvalue weighted by atomic mass is 9.84. The summed E-state index contributed by atoms with van der Waals surface area (Å²) >= 11 is 0. The minimum Gasteiger partial charge on any atom is -0.396 e. The van der Waals surface area contributed by atoms with Gasteiger partial charge in [0.15, 0.2) is 0 Å². The van der Waals surface area contributed by atoms with Gasteiger partial charge in [-0.15, -0.1) is 0 Å². The van der Waals surface area contributed by atoms with E-state index in [2.05, 4.69) is 5.32 Å². The highest BCUT2D eigenvalue weighted by Crippen LogP contribution is 2.24. The molecule has 0 heterocycles. The highest BCUT2D eigenvalue weighted by molar-refractivity contribution is 5.76. The van der Waals surface area contributed by atoms with Crippen molar-refractivity contribution in [2.24, 2.45) is 5.92 Å². The highest BCUT2D eigenvalue weighted by Gasteiger charge is 2.26. The number of amides is 1. The summed E-state index contributed by atoms with van der Waals surface area (Å²) in [4.78, 5) is 11.2. The van der Waals surface area contributed by atoms with Gasteiger partial charge in [-0.25, -0.2) is 0 Å². The Morgan fingerprint density at radius 3 is 2.79 bits per heavy atom. The summed E-state index contributed by atoms with van der Waals surface area (Å²) in [6.45, 7) is 1.89. The zero-order chi connectivity index (χ0) is 10.6. The summed E-state index contributed by atoms with van der Waals surface area (Å²) < 4.78 is 0. The third-order valence-electron chi connectivity index (χ3n) is 2.83. The van der Waals surface area contributed by atoms with E-state index in [0.717, 1.165) is 19.3 Å². The molecule has 4 heteroatoms. The SMILES string of the molecule is C[C@H]1C[C@H](NC(=O)CCO)CC[C@@H]1O. The zero-order valence-corrected chi connectivity index (χ0v) is 8.57. The van der Waals surface area contributed by atoms with Crippen molar-refractivity contribution in [1.29, 1.82) is 0 Å². The third kappa shape index (κ3) is 3.27. The quantitative estimate of drug-likeness (QED) is 0.603. The van der Waals surface area contributed by atoms with E-state index in [1.54, 1.807) is 0 Å². The standard InChI is InChI=1S/C10H19NO3/c1-7-6-8(2-3-9(7)13)11-10(14)4-5-12/h7-9,12-13H,2-6H2,1H3,(H,11,14)/t7-,8+,9-/m0/s1. The summed E-state index contributed by atoms with van der Waals surface area (Å²) in [6.07, 6.45) is 2.38. The lowest BCUT2D eigenvalue weighted by Crippen LogP contribution is -2.41. The molecule has 1 aliphatic rings. The van der Waals surface area contributed by atoms with E-state index in [1.165, 1.54) is 0 Å². The van der Waals surface area contributed by atoms with Crippen LogP contribution in [0, 0.1) is 5.92 Å². The Hall–Kier alpha value is -0.610. The van der Waals surface area contributed by atoms with E-state index in [1.807, 2.05) is 6.92 Å². The maximum Gasteiger partial charge on any atom is 0.222 e. The first-order valence-electron chi connectivity index (χ1n) is 5.21. The number of aliphatic hydroxyl groups is 2. The second kappa shape index (κ2) is 5.32. The van der Waals surface area contributed by atoms with E-state index in [-0.39, 0.29) is 37.0 Å². The van der Waals surface area contributed by atoms with Crippen LogP contribution < -0.4 is 5.32 Å². The van der Waals surface area contributed by atoms with Gasteiger partial charge in [-0.05, 0) is 25.2 Å². The van der Waals surface area contributed by atoms with Crippen LogP contribution >= 0.6 is 0 Å². The second-order valence-corrected chi connectivity index (χ2v) is 4.10. The molecule has 0 aliphatic heterocycles. The van der Waals surface area contributed by atoms with Gasteiger partial charge in [0.1, 0.15) is 0 Å². The summed E-state index contributed by atoms with van der Waals surface area (Å²) in [5, 5.41) is 20.9. The van der Waals surface area contributed by atoms with E-state index in [0.29, 0.717) is 0 Å². The molecule has 1 fully saturated rings. The lowest BCUT2D eigenvalue weighted by Gasteiger charge is -2.31. The van der Waals surface area contributed by atoms with Gasteiger partial charge in [0.25, 0.3) is 0 Å². The number of carbonyl (C=O) groups is 1. The fraction of sp³-hybridized carbons (Fsp3) is 0.900. The Balaban J connectivity index is 2.29.